The Kier molecular flexibility index (Phi) is 5.13. The summed E-state index contributed by atoms with van der Waals surface area (Å²) < 4.78 is 5.17. The van der Waals surface area contributed by atoms with E-state index in [1.54, 1.807) is 13.0 Å². The van der Waals surface area contributed by atoms with E-state index in [9.17, 15) is 9.59 Å². The Morgan fingerprint density at radius 2 is 1.88 bits per heavy atom. The summed E-state index contributed by atoms with van der Waals surface area (Å²) in [5.74, 6) is -1.57. The van der Waals surface area contributed by atoms with Gasteiger partial charge in [-0.2, -0.15) is 0 Å². The minimum Gasteiger partial charge on any atom is -0.465 e. The molecule has 1 aliphatic rings. The van der Waals surface area contributed by atoms with Crippen LogP contribution < -0.4 is 0 Å². The van der Waals surface area contributed by atoms with Crippen LogP contribution in [0, 0.1) is 12.8 Å². The van der Waals surface area contributed by atoms with Crippen molar-refractivity contribution in [1.29, 1.82) is 0 Å². The van der Waals surface area contributed by atoms with Crippen LogP contribution in [0.4, 0.5) is 0 Å². The second-order valence-corrected chi connectivity index (χ2v) is 6.39. The van der Waals surface area contributed by atoms with E-state index in [-0.39, 0.29) is 18.3 Å². The lowest BCUT2D eigenvalue weighted by Crippen LogP contribution is -2.34. The zero-order chi connectivity index (χ0) is 17.8. The molecule has 2 unspecified atom stereocenters. The number of allylic oxidation sites excluding steroid dienone is 2. The molecule has 3 rings (SSSR count). The molecule has 0 radical (unpaired) electrons. The molecule has 2 atom stereocenters. The Hall–Kier alpha value is -2.68. The molecule has 0 N–H and O–H groups in total. The molecule has 0 amide bonds. The van der Waals surface area contributed by atoms with Crippen molar-refractivity contribution in [2.45, 2.75) is 26.2 Å². The van der Waals surface area contributed by atoms with Gasteiger partial charge in [-0.05, 0) is 43.0 Å². The normalized spacial score (nSPS) is 20.1. The van der Waals surface area contributed by atoms with E-state index in [1.165, 1.54) is 0 Å². The maximum absolute atomic E-state index is 12.8. The van der Waals surface area contributed by atoms with Crippen LogP contribution in [0.15, 0.2) is 60.7 Å². The van der Waals surface area contributed by atoms with Gasteiger partial charge in [0.1, 0.15) is 5.92 Å². The first-order valence-electron chi connectivity index (χ1n) is 8.63. The number of carbonyl (C=O) groups excluding carboxylic acids is 2. The SMILES string of the molecule is CCOC(=O)C1C(=O)C=C(c2cccc(C)c2)CC1c1ccccc1. The molecule has 0 spiro atoms. The number of carbonyl (C=O) groups is 2. The van der Waals surface area contributed by atoms with Crippen molar-refractivity contribution in [3.05, 3.63) is 77.4 Å². The lowest BCUT2D eigenvalue weighted by Gasteiger charge is -2.29. The monoisotopic (exact) mass is 334 g/mol. The Bertz CT molecular complexity index is 805. The van der Waals surface area contributed by atoms with Crippen molar-refractivity contribution < 1.29 is 14.3 Å². The highest BCUT2D eigenvalue weighted by molar-refractivity contribution is 6.10. The Labute approximate surface area is 148 Å². The van der Waals surface area contributed by atoms with Crippen LogP contribution in [0.25, 0.3) is 5.57 Å². The van der Waals surface area contributed by atoms with Gasteiger partial charge in [-0.3, -0.25) is 9.59 Å². The first-order chi connectivity index (χ1) is 12.1. The molecule has 128 valence electrons. The van der Waals surface area contributed by atoms with Crippen LogP contribution in [0.2, 0.25) is 0 Å². The molecule has 1 aliphatic carbocycles. The first kappa shape index (κ1) is 17.2. The predicted octanol–water partition coefficient (Wildman–Crippen LogP) is 4.31. The molecule has 2 aromatic carbocycles. The zero-order valence-electron chi connectivity index (χ0n) is 14.6. The lowest BCUT2D eigenvalue weighted by atomic mass is 9.73. The molecule has 0 fully saturated rings. The third-order valence-corrected chi connectivity index (χ3v) is 4.62. The van der Waals surface area contributed by atoms with Gasteiger partial charge >= 0.3 is 5.97 Å². The van der Waals surface area contributed by atoms with Crippen molar-refractivity contribution in [1.82, 2.24) is 0 Å². The molecule has 25 heavy (non-hydrogen) atoms. The van der Waals surface area contributed by atoms with E-state index >= 15 is 0 Å². The van der Waals surface area contributed by atoms with Crippen LogP contribution >= 0.6 is 0 Å². The Balaban J connectivity index is 2.02. The molecule has 0 bridgehead atoms. The fraction of sp³-hybridized carbons (Fsp3) is 0.273. The van der Waals surface area contributed by atoms with Crippen LogP contribution in [0.1, 0.15) is 36.0 Å². The highest BCUT2D eigenvalue weighted by Crippen LogP contribution is 2.40. The smallest absolute Gasteiger partial charge is 0.317 e. The number of hydrogen-bond acceptors (Lipinski definition) is 3. The number of ether oxygens (including phenoxy) is 1. The molecule has 0 aromatic heterocycles. The van der Waals surface area contributed by atoms with Crippen LogP contribution in [0.5, 0.6) is 0 Å². The van der Waals surface area contributed by atoms with E-state index in [1.807, 2.05) is 55.5 Å². The Morgan fingerprint density at radius 3 is 2.56 bits per heavy atom. The summed E-state index contributed by atoms with van der Waals surface area (Å²) in [7, 11) is 0. The first-order valence-corrected chi connectivity index (χ1v) is 8.63. The fourth-order valence-electron chi connectivity index (χ4n) is 3.44. The molecule has 2 aromatic rings. The van der Waals surface area contributed by atoms with E-state index < -0.39 is 11.9 Å². The van der Waals surface area contributed by atoms with Crippen LogP contribution in [-0.4, -0.2) is 18.4 Å². The average Bonchev–Trinajstić information content (AvgIpc) is 2.62. The second kappa shape index (κ2) is 7.47. The predicted molar refractivity (Wildman–Crippen MR) is 98.1 cm³/mol. The molecule has 3 heteroatoms. The zero-order valence-corrected chi connectivity index (χ0v) is 14.6. The fourth-order valence-corrected chi connectivity index (χ4v) is 3.44. The molecule has 0 saturated carbocycles. The number of rotatable bonds is 4. The average molecular weight is 334 g/mol. The van der Waals surface area contributed by atoms with Crippen molar-refractivity contribution in [2.24, 2.45) is 5.92 Å². The van der Waals surface area contributed by atoms with Gasteiger partial charge in [0.05, 0.1) is 6.61 Å². The van der Waals surface area contributed by atoms with Crippen molar-refractivity contribution in [2.75, 3.05) is 6.61 Å². The molecule has 0 heterocycles. The van der Waals surface area contributed by atoms with Gasteiger partial charge in [-0.1, -0.05) is 60.2 Å². The van der Waals surface area contributed by atoms with Gasteiger partial charge < -0.3 is 4.74 Å². The van der Waals surface area contributed by atoms with Crippen LogP contribution in [-0.2, 0) is 14.3 Å². The van der Waals surface area contributed by atoms with E-state index in [0.29, 0.717) is 6.42 Å². The molecular formula is C22H22O3. The molecule has 0 saturated heterocycles. The maximum atomic E-state index is 12.8. The number of aryl methyl sites for hydroxylation is 1. The molecule has 3 nitrogen and oxygen atoms in total. The van der Waals surface area contributed by atoms with Gasteiger partial charge in [0, 0.05) is 5.92 Å². The van der Waals surface area contributed by atoms with Gasteiger partial charge in [0.25, 0.3) is 0 Å². The van der Waals surface area contributed by atoms with E-state index in [4.69, 9.17) is 4.74 Å². The Morgan fingerprint density at radius 1 is 1.12 bits per heavy atom. The summed E-state index contributed by atoms with van der Waals surface area (Å²) in [6, 6.07) is 17.9. The van der Waals surface area contributed by atoms with Gasteiger partial charge in [-0.25, -0.2) is 0 Å². The highest BCUT2D eigenvalue weighted by Gasteiger charge is 2.39. The minimum absolute atomic E-state index is 0.171. The van der Waals surface area contributed by atoms with Gasteiger partial charge in [-0.15, -0.1) is 0 Å². The lowest BCUT2D eigenvalue weighted by molar-refractivity contribution is -0.151. The maximum Gasteiger partial charge on any atom is 0.317 e. The van der Waals surface area contributed by atoms with Crippen molar-refractivity contribution >= 4 is 17.3 Å². The van der Waals surface area contributed by atoms with Crippen molar-refractivity contribution in [3.8, 4) is 0 Å². The van der Waals surface area contributed by atoms with Gasteiger partial charge in [0.15, 0.2) is 5.78 Å². The summed E-state index contributed by atoms with van der Waals surface area (Å²) in [5, 5.41) is 0. The highest BCUT2D eigenvalue weighted by atomic mass is 16.5. The van der Waals surface area contributed by atoms with Gasteiger partial charge in [0.2, 0.25) is 0 Å². The van der Waals surface area contributed by atoms with Crippen LogP contribution in [0.3, 0.4) is 0 Å². The quantitative estimate of drug-likeness (QED) is 0.618. The summed E-state index contributed by atoms with van der Waals surface area (Å²) in [6.07, 6.45) is 2.26. The summed E-state index contributed by atoms with van der Waals surface area (Å²) >= 11 is 0. The third-order valence-electron chi connectivity index (χ3n) is 4.62. The summed E-state index contributed by atoms with van der Waals surface area (Å²) in [5.41, 5.74) is 4.15. The number of hydrogen-bond donors (Lipinski definition) is 0. The standard InChI is InChI=1S/C22H22O3/c1-3-25-22(24)21-19(16-9-5-4-6-10-16)13-18(14-20(21)23)17-11-7-8-15(2)12-17/h4-12,14,19,21H,3,13H2,1-2H3. The summed E-state index contributed by atoms with van der Waals surface area (Å²) in [6.45, 7) is 4.07. The number of esters is 1. The third kappa shape index (κ3) is 3.71. The van der Waals surface area contributed by atoms with Crippen molar-refractivity contribution in [3.63, 3.8) is 0 Å². The molecule has 0 aliphatic heterocycles. The number of benzene rings is 2. The molecular weight excluding hydrogens is 312 g/mol. The minimum atomic E-state index is -0.768. The topological polar surface area (TPSA) is 43.4 Å². The largest absolute Gasteiger partial charge is 0.465 e. The summed E-state index contributed by atoms with van der Waals surface area (Å²) in [4.78, 5) is 25.2. The number of ketones is 1. The second-order valence-electron chi connectivity index (χ2n) is 6.39. The van der Waals surface area contributed by atoms with E-state index in [0.717, 1.165) is 22.3 Å². The van der Waals surface area contributed by atoms with E-state index in [2.05, 4.69) is 6.07 Å².